The number of rotatable bonds is 2. The molecule has 2 N–H and O–H groups in total. The van der Waals surface area contributed by atoms with Gasteiger partial charge >= 0.3 is 0 Å². The van der Waals surface area contributed by atoms with Crippen LogP contribution in [0, 0.1) is 6.07 Å². The second kappa shape index (κ2) is 11.5. The number of aromatic nitrogens is 1. The van der Waals surface area contributed by atoms with Crippen LogP contribution in [-0.2, 0) is 20.1 Å². The molecule has 3 heterocycles. The van der Waals surface area contributed by atoms with Crippen LogP contribution < -0.4 is 0 Å². The van der Waals surface area contributed by atoms with Crippen molar-refractivity contribution in [3.05, 3.63) is 103 Å². The van der Waals surface area contributed by atoms with Crippen LogP contribution in [0.5, 0.6) is 0 Å². The predicted molar refractivity (Wildman–Crippen MR) is 145 cm³/mol. The Morgan fingerprint density at radius 2 is 1.32 bits per heavy atom. The number of aliphatic hydroxyl groups excluding tert-OH is 2. The first kappa shape index (κ1) is 26.3. The Kier molecular flexibility index (Phi) is 8.17. The van der Waals surface area contributed by atoms with Gasteiger partial charge < -0.3 is 24.0 Å². The fraction of sp³-hybridized carbons (Fsp3) is 0.0645. The summed E-state index contributed by atoms with van der Waals surface area (Å²) in [6, 6.07) is 33.8. The van der Waals surface area contributed by atoms with Gasteiger partial charge in [0, 0.05) is 56.7 Å². The molecule has 187 valence electrons. The molecule has 6 heteroatoms. The summed E-state index contributed by atoms with van der Waals surface area (Å²) < 4.78 is 12.7. The molecule has 0 aliphatic heterocycles. The van der Waals surface area contributed by atoms with Gasteiger partial charge in [0.05, 0.1) is 5.39 Å². The Balaban J connectivity index is 0.000000613. The van der Waals surface area contributed by atoms with E-state index in [1.807, 2.05) is 66.9 Å². The Morgan fingerprint density at radius 1 is 0.676 bits per heavy atom. The number of hydrogen-bond donors (Lipinski definition) is 2. The van der Waals surface area contributed by atoms with E-state index in [4.69, 9.17) is 19.0 Å². The number of fused-ring (bicyclic) bond motifs is 7. The third-order valence-corrected chi connectivity index (χ3v) is 6.05. The SMILES string of the molecule is CO.CO.[Ir].[c-]1ccccc1-c1cc(-c2cc3oc4ccccc4c3c3oc4ccccc4c23)ccn1. The first-order valence-electron chi connectivity index (χ1n) is 11.5. The Labute approximate surface area is 227 Å². The van der Waals surface area contributed by atoms with Gasteiger partial charge in [-0.3, -0.25) is 0 Å². The summed E-state index contributed by atoms with van der Waals surface area (Å²) in [5.41, 5.74) is 7.37. The van der Waals surface area contributed by atoms with Crippen LogP contribution in [0.4, 0.5) is 0 Å². The standard InChI is InChI=1S/C29H16NO2.2CH4O.Ir/c1-2-8-18(9-3-1)23-16-19(14-15-30-23)22-17-26-28(21-11-5-6-12-24(21)31-26)29-27(22)20-10-4-7-13-25(20)32-29;2*1-2;/h1-8,10-17H;2*2H,1H3;/q-1;;;. The second-order valence-corrected chi connectivity index (χ2v) is 7.90. The van der Waals surface area contributed by atoms with Crippen molar-refractivity contribution in [3.63, 3.8) is 0 Å². The van der Waals surface area contributed by atoms with Gasteiger partial charge in [-0.15, -0.1) is 35.9 Å². The molecule has 0 amide bonds. The summed E-state index contributed by atoms with van der Waals surface area (Å²) in [6.45, 7) is 0. The quantitative estimate of drug-likeness (QED) is 0.191. The molecule has 0 atom stereocenters. The monoisotopic (exact) mass is 667 g/mol. The van der Waals surface area contributed by atoms with Gasteiger partial charge in [-0.25, -0.2) is 0 Å². The maximum atomic E-state index is 7.00. The molecule has 5 nitrogen and oxygen atoms in total. The van der Waals surface area contributed by atoms with Gasteiger partial charge in [0.25, 0.3) is 0 Å². The van der Waals surface area contributed by atoms with E-state index in [2.05, 4.69) is 41.4 Å². The van der Waals surface area contributed by atoms with Gasteiger partial charge in [0.15, 0.2) is 0 Å². The molecule has 0 fully saturated rings. The normalized spacial score (nSPS) is 10.5. The molecular formula is C31H24IrNO4-. The predicted octanol–water partition coefficient (Wildman–Crippen LogP) is 7.23. The number of nitrogens with zero attached hydrogens (tertiary/aromatic N) is 1. The first-order valence-corrected chi connectivity index (χ1v) is 11.5. The Bertz CT molecular complexity index is 1790. The number of furan rings is 2. The molecule has 0 saturated heterocycles. The average molecular weight is 667 g/mol. The van der Waals surface area contributed by atoms with Crippen molar-refractivity contribution in [2.45, 2.75) is 0 Å². The van der Waals surface area contributed by atoms with Gasteiger partial charge in [-0.1, -0.05) is 42.5 Å². The van der Waals surface area contributed by atoms with Crippen LogP contribution in [-0.4, -0.2) is 29.4 Å². The van der Waals surface area contributed by atoms with E-state index < -0.39 is 0 Å². The summed E-state index contributed by atoms with van der Waals surface area (Å²) in [5, 5.41) is 18.3. The van der Waals surface area contributed by atoms with Gasteiger partial charge in [0.1, 0.15) is 22.3 Å². The molecule has 0 bridgehead atoms. The van der Waals surface area contributed by atoms with E-state index in [1.165, 1.54) is 0 Å². The fourth-order valence-corrected chi connectivity index (χ4v) is 4.62. The smallest absolute Gasteiger partial charge is 0.147 e. The van der Waals surface area contributed by atoms with Crippen LogP contribution >= 0.6 is 0 Å². The summed E-state index contributed by atoms with van der Waals surface area (Å²) in [5.74, 6) is 0. The van der Waals surface area contributed by atoms with Gasteiger partial charge in [-0.05, 0) is 41.1 Å². The molecule has 3 aromatic heterocycles. The molecule has 37 heavy (non-hydrogen) atoms. The second-order valence-electron chi connectivity index (χ2n) is 7.90. The number of aliphatic hydroxyl groups is 2. The number of para-hydroxylation sites is 2. The van der Waals surface area contributed by atoms with E-state index in [1.54, 1.807) is 0 Å². The van der Waals surface area contributed by atoms with Crippen molar-refractivity contribution in [2.24, 2.45) is 0 Å². The topological polar surface area (TPSA) is 79.6 Å². The minimum absolute atomic E-state index is 0. The fourth-order valence-electron chi connectivity index (χ4n) is 4.62. The number of hydrogen-bond acceptors (Lipinski definition) is 5. The molecule has 0 saturated carbocycles. The third kappa shape index (κ3) is 4.57. The summed E-state index contributed by atoms with van der Waals surface area (Å²) in [7, 11) is 2.00. The van der Waals surface area contributed by atoms with E-state index >= 15 is 0 Å². The zero-order valence-corrected chi connectivity index (χ0v) is 22.6. The zero-order valence-electron chi connectivity index (χ0n) is 20.2. The molecule has 7 aromatic rings. The van der Waals surface area contributed by atoms with E-state index in [0.717, 1.165) is 80.5 Å². The largest absolute Gasteiger partial charge is 0.456 e. The molecule has 4 aromatic carbocycles. The van der Waals surface area contributed by atoms with E-state index in [0.29, 0.717) is 0 Å². The van der Waals surface area contributed by atoms with E-state index in [9.17, 15) is 0 Å². The Morgan fingerprint density at radius 3 is 2.03 bits per heavy atom. The molecule has 0 spiro atoms. The average Bonchev–Trinajstić information content (AvgIpc) is 3.54. The maximum Gasteiger partial charge on any atom is 0.147 e. The van der Waals surface area contributed by atoms with Crippen molar-refractivity contribution >= 4 is 43.9 Å². The molecule has 1 radical (unpaired) electrons. The minimum atomic E-state index is 0. The van der Waals surface area contributed by atoms with Crippen molar-refractivity contribution in [1.82, 2.24) is 4.98 Å². The minimum Gasteiger partial charge on any atom is -0.456 e. The van der Waals surface area contributed by atoms with Gasteiger partial charge in [-0.2, -0.15) is 0 Å². The molecule has 0 aliphatic rings. The summed E-state index contributed by atoms with van der Waals surface area (Å²) in [6.07, 6.45) is 1.85. The summed E-state index contributed by atoms with van der Waals surface area (Å²) in [4.78, 5) is 4.58. The van der Waals surface area contributed by atoms with Crippen LogP contribution in [0.3, 0.4) is 0 Å². The van der Waals surface area contributed by atoms with Crippen molar-refractivity contribution < 1.29 is 39.2 Å². The van der Waals surface area contributed by atoms with Gasteiger partial charge in [0.2, 0.25) is 0 Å². The molecule has 0 unspecified atom stereocenters. The first-order chi connectivity index (χ1) is 17.9. The van der Waals surface area contributed by atoms with Crippen LogP contribution in [0.2, 0.25) is 0 Å². The van der Waals surface area contributed by atoms with Crippen molar-refractivity contribution in [1.29, 1.82) is 0 Å². The van der Waals surface area contributed by atoms with Crippen LogP contribution in [0.25, 0.3) is 66.3 Å². The van der Waals surface area contributed by atoms with Crippen molar-refractivity contribution in [3.8, 4) is 22.4 Å². The Hall–Kier alpha value is -3.80. The van der Waals surface area contributed by atoms with Crippen LogP contribution in [0.1, 0.15) is 0 Å². The third-order valence-electron chi connectivity index (χ3n) is 6.05. The van der Waals surface area contributed by atoms with Crippen LogP contribution in [0.15, 0.2) is 106 Å². The zero-order chi connectivity index (χ0) is 25.1. The number of pyridine rings is 1. The van der Waals surface area contributed by atoms with E-state index in [-0.39, 0.29) is 20.1 Å². The molecule has 7 rings (SSSR count). The maximum absolute atomic E-state index is 7.00. The molecular weight excluding hydrogens is 643 g/mol. The summed E-state index contributed by atoms with van der Waals surface area (Å²) >= 11 is 0. The molecule has 0 aliphatic carbocycles. The number of benzene rings is 4. The van der Waals surface area contributed by atoms with Crippen molar-refractivity contribution in [2.75, 3.05) is 14.2 Å².